The maximum Gasteiger partial charge on any atom is 0.115 e. The summed E-state index contributed by atoms with van der Waals surface area (Å²) in [6.45, 7) is 2.03. The first-order valence-corrected chi connectivity index (χ1v) is 6.87. The lowest BCUT2D eigenvalue weighted by Crippen LogP contribution is -2.30. The molecule has 1 aromatic carbocycles. The van der Waals surface area contributed by atoms with Crippen LogP contribution in [0.2, 0.25) is 0 Å². The first-order chi connectivity index (χ1) is 10.0. The lowest BCUT2D eigenvalue weighted by Gasteiger charge is -2.24. The van der Waals surface area contributed by atoms with Gasteiger partial charge in [-0.15, -0.1) is 0 Å². The van der Waals surface area contributed by atoms with Crippen LogP contribution in [0.4, 0.5) is 0 Å². The molecule has 3 N–H and O–H groups in total. The highest BCUT2D eigenvalue weighted by Crippen LogP contribution is 2.27. The van der Waals surface area contributed by atoms with Crippen molar-refractivity contribution in [2.45, 2.75) is 25.7 Å². The molecule has 1 rings (SSSR count). The number of hydrogen-bond donors (Lipinski definition) is 3. The molecule has 0 aliphatic heterocycles. The Kier molecular flexibility index (Phi) is 6.46. The van der Waals surface area contributed by atoms with Crippen LogP contribution in [-0.2, 0) is 4.74 Å². The highest BCUT2D eigenvalue weighted by molar-refractivity contribution is 5.93. The van der Waals surface area contributed by atoms with Crippen LogP contribution >= 0.6 is 0 Å². The standard InChI is InChI=1S/C16H23N3O2/c1-4-5-14(21-3)10-15(16(18)19(2)11-17)12-6-8-13(20)9-7-12/h5-9,11,15,17-18,20H,4,10H2,1-3H3/b14-5+,17-11?,18-16?. The van der Waals surface area contributed by atoms with E-state index in [9.17, 15) is 5.11 Å². The van der Waals surface area contributed by atoms with Crippen LogP contribution in [0.3, 0.4) is 0 Å². The lowest BCUT2D eigenvalue weighted by molar-refractivity contribution is 0.272. The second-order valence-electron chi connectivity index (χ2n) is 4.76. The number of ether oxygens (including phenoxy) is 1. The van der Waals surface area contributed by atoms with Gasteiger partial charge in [-0.05, 0) is 30.2 Å². The fraction of sp³-hybridized carbons (Fsp3) is 0.375. The van der Waals surface area contributed by atoms with Gasteiger partial charge in [0.15, 0.2) is 0 Å². The highest BCUT2D eigenvalue weighted by Gasteiger charge is 2.21. The van der Waals surface area contributed by atoms with Gasteiger partial charge in [-0.2, -0.15) is 0 Å². The summed E-state index contributed by atoms with van der Waals surface area (Å²) in [5.41, 5.74) is 0.908. The number of nitrogens with one attached hydrogen (secondary N) is 2. The molecule has 0 heterocycles. The third-order valence-electron chi connectivity index (χ3n) is 3.30. The fourth-order valence-electron chi connectivity index (χ4n) is 2.07. The van der Waals surface area contributed by atoms with E-state index in [0.717, 1.165) is 24.1 Å². The van der Waals surface area contributed by atoms with Crippen molar-refractivity contribution < 1.29 is 9.84 Å². The van der Waals surface area contributed by atoms with Crippen molar-refractivity contribution in [2.75, 3.05) is 14.2 Å². The van der Waals surface area contributed by atoms with Gasteiger partial charge >= 0.3 is 0 Å². The van der Waals surface area contributed by atoms with Crippen molar-refractivity contribution in [1.29, 1.82) is 10.8 Å². The molecule has 1 unspecified atom stereocenters. The molecular weight excluding hydrogens is 266 g/mol. The normalized spacial score (nSPS) is 12.6. The molecule has 0 aliphatic carbocycles. The zero-order valence-corrected chi connectivity index (χ0v) is 12.8. The molecule has 0 bridgehead atoms. The van der Waals surface area contributed by atoms with Gasteiger partial charge < -0.3 is 14.7 Å². The lowest BCUT2D eigenvalue weighted by atomic mass is 9.92. The van der Waals surface area contributed by atoms with E-state index < -0.39 is 0 Å². The summed E-state index contributed by atoms with van der Waals surface area (Å²) in [4.78, 5) is 1.47. The van der Waals surface area contributed by atoms with Crippen molar-refractivity contribution >= 4 is 12.2 Å². The second-order valence-corrected chi connectivity index (χ2v) is 4.76. The number of benzene rings is 1. The molecule has 0 fully saturated rings. The van der Waals surface area contributed by atoms with Crippen LogP contribution < -0.4 is 0 Å². The van der Waals surface area contributed by atoms with Crippen molar-refractivity contribution in [3.8, 4) is 5.75 Å². The quantitative estimate of drug-likeness (QED) is 0.409. The highest BCUT2D eigenvalue weighted by atomic mass is 16.5. The molecule has 0 saturated heterocycles. The Labute approximate surface area is 125 Å². The number of amidine groups is 1. The minimum Gasteiger partial charge on any atom is -0.508 e. The summed E-state index contributed by atoms with van der Waals surface area (Å²) < 4.78 is 5.37. The molecule has 0 radical (unpaired) electrons. The van der Waals surface area contributed by atoms with Gasteiger partial charge in [0.1, 0.15) is 11.6 Å². The van der Waals surface area contributed by atoms with Gasteiger partial charge in [0, 0.05) is 19.4 Å². The number of likely N-dealkylation sites (N-methyl/N-ethyl adjacent to an activating group) is 1. The average Bonchev–Trinajstić information content (AvgIpc) is 2.51. The topological polar surface area (TPSA) is 80.4 Å². The molecule has 1 atom stereocenters. The summed E-state index contributed by atoms with van der Waals surface area (Å²) in [5, 5.41) is 25.0. The van der Waals surface area contributed by atoms with E-state index in [-0.39, 0.29) is 11.7 Å². The van der Waals surface area contributed by atoms with Gasteiger partial charge in [-0.25, -0.2) is 0 Å². The van der Waals surface area contributed by atoms with Crippen molar-refractivity contribution in [3.05, 3.63) is 41.7 Å². The zero-order chi connectivity index (χ0) is 15.8. The third-order valence-corrected chi connectivity index (χ3v) is 3.30. The monoisotopic (exact) mass is 289 g/mol. The SMILES string of the molecule is CC/C=C(\CC(C(=N)N(C)C=N)c1ccc(O)cc1)OC. The van der Waals surface area contributed by atoms with Crippen LogP contribution in [0.5, 0.6) is 5.75 Å². The van der Waals surface area contributed by atoms with E-state index in [4.69, 9.17) is 15.6 Å². The summed E-state index contributed by atoms with van der Waals surface area (Å²) in [5.74, 6) is 1.10. The molecule has 1 aromatic rings. The van der Waals surface area contributed by atoms with E-state index in [1.165, 1.54) is 4.90 Å². The molecule has 5 nitrogen and oxygen atoms in total. The minimum atomic E-state index is -0.227. The number of methoxy groups -OCH3 is 1. The van der Waals surface area contributed by atoms with Gasteiger partial charge in [0.2, 0.25) is 0 Å². The smallest absolute Gasteiger partial charge is 0.115 e. The molecule has 5 heteroatoms. The molecule has 21 heavy (non-hydrogen) atoms. The molecule has 0 amide bonds. The first-order valence-electron chi connectivity index (χ1n) is 6.87. The minimum absolute atomic E-state index is 0.195. The van der Waals surface area contributed by atoms with E-state index >= 15 is 0 Å². The van der Waals surface area contributed by atoms with Crippen LogP contribution in [0.25, 0.3) is 0 Å². The maximum atomic E-state index is 9.41. The van der Waals surface area contributed by atoms with Crippen LogP contribution in [0.1, 0.15) is 31.2 Å². The summed E-state index contributed by atoms with van der Waals surface area (Å²) in [6.07, 6.45) is 4.52. The summed E-state index contributed by atoms with van der Waals surface area (Å²) >= 11 is 0. The number of allylic oxidation sites excluding steroid dienone is 2. The van der Waals surface area contributed by atoms with Gasteiger partial charge in [-0.3, -0.25) is 10.8 Å². The van der Waals surface area contributed by atoms with Crippen LogP contribution in [-0.4, -0.2) is 36.3 Å². The Morgan fingerprint density at radius 1 is 1.38 bits per heavy atom. The van der Waals surface area contributed by atoms with Crippen LogP contribution in [0, 0.1) is 10.8 Å². The van der Waals surface area contributed by atoms with Crippen molar-refractivity contribution in [2.24, 2.45) is 0 Å². The van der Waals surface area contributed by atoms with Gasteiger partial charge in [0.05, 0.1) is 19.2 Å². The van der Waals surface area contributed by atoms with Crippen molar-refractivity contribution in [3.63, 3.8) is 0 Å². The largest absolute Gasteiger partial charge is 0.508 e. The Bertz CT molecular complexity index is 509. The Morgan fingerprint density at radius 2 is 2.00 bits per heavy atom. The number of hydrogen-bond acceptors (Lipinski definition) is 4. The van der Waals surface area contributed by atoms with E-state index in [2.05, 4.69) is 0 Å². The average molecular weight is 289 g/mol. The zero-order valence-electron chi connectivity index (χ0n) is 12.8. The van der Waals surface area contributed by atoms with Gasteiger partial charge in [0.25, 0.3) is 0 Å². The van der Waals surface area contributed by atoms with E-state index in [1.54, 1.807) is 38.4 Å². The Morgan fingerprint density at radius 3 is 2.48 bits per heavy atom. The predicted octanol–water partition coefficient (Wildman–Crippen LogP) is 3.32. The third kappa shape index (κ3) is 4.63. The predicted molar refractivity (Wildman–Crippen MR) is 85.1 cm³/mol. The first kappa shape index (κ1) is 16.8. The fourth-order valence-corrected chi connectivity index (χ4v) is 2.07. The van der Waals surface area contributed by atoms with E-state index in [1.807, 2.05) is 13.0 Å². The molecule has 0 saturated carbocycles. The molecular formula is C16H23N3O2. The number of rotatable bonds is 7. The Balaban J connectivity index is 3.10. The Hall–Kier alpha value is -2.30. The number of nitrogens with zero attached hydrogens (tertiary/aromatic N) is 1. The maximum absolute atomic E-state index is 9.41. The van der Waals surface area contributed by atoms with Gasteiger partial charge in [-0.1, -0.05) is 19.1 Å². The number of aromatic hydroxyl groups is 1. The number of phenolic OH excluding ortho intramolecular Hbond substituents is 1. The van der Waals surface area contributed by atoms with Crippen LogP contribution in [0.15, 0.2) is 36.1 Å². The molecule has 0 aliphatic rings. The molecule has 0 spiro atoms. The molecule has 0 aromatic heterocycles. The number of phenols is 1. The summed E-state index contributed by atoms with van der Waals surface area (Å²) in [6, 6.07) is 6.81. The van der Waals surface area contributed by atoms with Crippen molar-refractivity contribution in [1.82, 2.24) is 4.90 Å². The van der Waals surface area contributed by atoms with E-state index in [0.29, 0.717) is 12.3 Å². The second kappa shape index (κ2) is 8.09. The molecule has 114 valence electrons. The summed E-state index contributed by atoms with van der Waals surface area (Å²) in [7, 11) is 3.30.